The Bertz CT molecular complexity index is 2260. The monoisotopic (exact) mass is 1080 g/mol. The van der Waals surface area contributed by atoms with Gasteiger partial charge in [0.25, 0.3) is 0 Å². The van der Waals surface area contributed by atoms with Crippen LogP contribution in [0.2, 0.25) is 0 Å². The molecule has 0 atom stereocenters. The Hall–Kier alpha value is -1.92. The van der Waals surface area contributed by atoms with Gasteiger partial charge in [0.05, 0.1) is 44.2 Å². The van der Waals surface area contributed by atoms with E-state index in [0.717, 1.165) is 25.3 Å². The molecule has 0 spiro atoms. The molecule has 4 aromatic carbocycles. The van der Waals surface area contributed by atoms with Gasteiger partial charge in [-0.3, -0.25) is 9.13 Å². The molecule has 0 aliphatic carbocycles. The van der Waals surface area contributed by atoms with E-state index in [4.69, 9.17) is 56.8 Å². The molecule has 22 heteroatoms. The van der Waals surface area contributed by atoms with Crippen LogP contribution in [0.3, 0.4) is 0 Å². The van der Waals surface area contributed by atoms with Crippen molar-refractivity contribution in [2.75, 3.05) is 14.2 Å². The molecule has 3 fully saturated rings. The minimum atomic E-state index is -4.20. The first-order chi connectivity index (χ1) is 30.2. The van der Waals surface area contributed by atoms with Crippen molar-refractivity contribution in [2.45, 2.75) is 117 Å². The van der Waals surface area contributed by atoms with Crippen LogP contribution in [-0.4, -0.2) is 96.1 Å². The summed E-state index contributed by atoms with van der Waals surface area (Å²) in [5.41, 5.74) is 1.00. The lowest BCUT2D eigenvalue weighted by Gasteiger charge is -2.32. The van der Waals surface area contributed by atoms with Crippen molar-refractivity contribution in [1.29, 1.82) is 0 Å². The van der Waals surface area contributed by atoms with Gasteiger partial charge in [-0.25, -0.2) is 0 Å². The fraction of sp³-hybridized carbons (Fsp3) is 0.455. The summed E-state index contributed by atoms with van der Waals surface area (Å²) in [6.07, 6.45) is 0. The van der Waals surface area contributed by atoms with E-state index in [-0.39, 0.29) is 34.8 Å². The first kappa shape index (κ1) is 56.7. The van der Waals surface area contributed by atoms with Gasteiger partial charge in [0.15, 0.2) is 0 Å². The van der Waals surface area contributed by atoms with Crippen molar-refractivity contribution in [3.8, 4) is 0 Å². The van der Waals surface area contributed by atoms with Gasteiger partial charge in [-0.1, -0.05) is 80.4 Å². The minimum absolute atomic E-state index is 0.00670. The van der Waals surface area contributed by atoms with Gasteiger partial charge in [0.2, 0.25) is 0 Å². The Morgan fingerprint density at radius 1 is 0.455 bits per heavy atom. The van der Waals surface area contributed by atoms with Crippen molar-refractivity contribution in [1.82, 2.24) is 0 Å². The van der Waals surface area contributed by atoms with Crippen molar-refractivity contribution in [2.24, 2.45) is 0 Å². The van der Waals surface area contributed by atoms with Crippen molar-refractivity contribution in [3.63, 3.8) is 0 Å². The van der Waals surface area contributed by atoms with Gasteiger partial charge in [0.1, 0.15) is 0 Å². The third-order valence-electron chi connectivity index (χ3n) is 12.5. The lowest BCUT2D eigenvalue weighted by molar-refractivity contribution is 0.00578. The summed E-state index contributed by atoms with van der Waals surface area (Å²) in [7, 11) is -7.27. The van der Waals surface area contributed by atoms with Gasteiger partial charge < -0.3 is 56.8 Å². The maximum atomic E-state index is 12.3. The summed E-state index contributed by atoms with van der Waals surface area (Å²) < 4.78 is 70.9. The van der Waals surface area contributed by atoms with Crippen LogP contribution in [0.1, 0.15) is 83.1 Å². The molecule has 0 radical (unpaired) electrons. The molecular weight excluding hydrogens is 1020 g/mol. The Kier molecular flexibility index (Phi) is 18.5. The lowest BCUT2D eigenvalue weighted by Crippen LogP contribution is -2.41. The Morgan fingerprint density at radius 3 is 0.939 bits per heavy atom. The molecule has 66 heavy (non-hydrogen) atoms. The molecule has 0 unspecified atom stereocenters. The summed E-state index contributed by atoms with van der Waals surface area (Å²) in [5, 5.41) is 17.8. The van der Waals surface area contributed by atoms with Crippen molar-refractivity contribution >= 4 is 108 Å². The standard InChI is InChI=1S/C14H22BO5P.C12H16BBrO2.C12H18BO5P.C6H6BBrO2/c1-13(2)14(3,4)20-15(19-13)11-7-9-12(10-8-11)21(16,17-5)18-6;1-11(2)12(3,4)16-13(15-11)9-5-7-10(14)8-6-9;1-11(2)12(3,4)18-13(17-11)9-5-7-10(8-6-9)19(14,15)16;8-6-3-1-5(2-4-6)7(9)10/h7-10H,1-6H3;5-8H,1-4H3;5-8H,1-4H3,(H2,14,15,16);1-4,9-10H. The van der Waals surface area contributed by atoms with Gasteiger partial charge >= 0.3 is 43.7 Å². The zero-order valence-corrected chi connectivity index (χ0v) is 45.0. The van der Waals surface area contributed by atoms with Crippen LogP contribution >= 0.6 is 47.1 Å². The average molecular weight is 1080 g/mol. The maximum absolute atomic E-state index is 12.3. The second-order valence-corrected chi connectivity index (χ2v) is 24.5. The quantitative estimate of drug-likeness (QED) is 0.123. The van der Waals surface area contributed by atoms with E-state index in [0.29, 0.717) is 10.8 Å². The highest BCUT2D eigenvalue weighted by Crippen LogP contribution is 2.45. The van der Waals surface area contributed by atoms with Crippen molar-refractivity contribution in [3.05, 3.63) is 106 Å². The SMILES string of the molecule is CC1(C)OB(c2ccc(Br)cc2)OC1(C)C.CC1(C)OB(c2ccc(P(=O)(O)O)cc2)OC1(C)C.COP(=O)(OC)c1ccc(B2OC(C)(C)C(C)(C)O2)cc1.OB(O)c1ccc(Br)cc1. The van der Waals surface area contributed by atoms with Crippen LogP contribution in [0.15, 0.2) is 106 Å². The highest BCUT2D eigenvalue weighted by atomic mass is 79.9. The van der Waals surface area contributed by atoms with E-state index in [9.17, 15) is 9.13 Å². The van der Waals surface area contributed by atoms with E-state index >= 15 is 0 Å². The number of hydrogen-bond donors (Lipinski definition) is 4. The minimum Gasteiger partial charge on any atom is -0.423 e. The summed E-state index contributed by atoms with van der Waals surface area (Å²) >= 11 is 6.65. The summed E-state index contributed by atoms with van der Waals surface area (Å²) in [6, 6.07) is 28.0. The van der Waals surface area contributed by atoms with E-state index in [1.165, 1.54) is 26.4 Å². The third-order valence-corrected chi connectivity index (χ3v) is 16.5. The predicted octanol–water partition coefficient (Wildman–Crippen LogP) is 5.76. The van der Waals surface area contributed by atoms with Crippen LogP contribution in [0.4, 0.5) is 0 Å². The second kappa shape index (κ2) is 21.6. The Morgan fingerprint density at radius 2 is 0.697 bits per heavy atom. The van der Waals surface area contributed by atoms with Crippen LogP contribution in [0, 0.1) is 0 Å². The van der Waals surface area contributed by atoms with Gasteiger partial charge in [-0.05, 0) is 153 Å². The molecule has 0 aromatic heterocycles. The van der Waals surface area contributed by atoms with E-state index in [1.54, 1.807) is 48.5 Å². The number of benzene rings is 4. The molecule has 3 saturated heterocycles. The maximum Gasteiger partial charge on any atom is 0.494 e. The molecule has 3 aliphatic heterocycles. The molecule has 3 heterocycles. The number of rotatable bonds is 8. The molecular formula is C44H62B4Br2O14P2. The smallest absolute Gasteiger partial charge is 0.423 e. The zero-order valence-electron chi connectivity index (χ0n) is 40.1. The second-order valence-electron chi connectivity index (χ2n) is 18.8. The topological polar surface area (TPSA) is 189 Å². The highest BCUT2D eigenvalue weighted by Gasteiger charge is 2.53. The zero-order chi connectivity index (χ0) is 49.9. The fourth-order valence-electron chi connectivity index (χ4n) is 6.12. The van der Waals surface area contributed by atoms with Crippen LogP contribution in [-0.2, 0) is 46.1 Å². The highest BCUT2D eigenvalue weighted by molar-refractivity contribution is 9.10. The molecule has 0 bridgehead atoms. The van der Waals surface area contributed by atoms with Gasteiger partial charge in [-0.15, -0.1) is 0 Å². The summed E-state index contributed by atoms with van der Waals surface area (Å²) in [6.45, 7) is 24.1. The molecule has 4 N–H and O–H groups in total. The van der Waals surface area contributed by atoms with Crippen LogP contribution in [0.5, 0.6) is 0 Å². The normalized spacial score (nSPS) is 19.7. The van der Waals surface area contributed by atoms with Crippen molar-refractivity contribution < 1.29 is 65.9 Å². The summed E-state index contributed by atoms with van der Waals surface area (Å²) in [5.74, 6) is 0. The Labute approximate surface area is 408 Å². The fourth-order valence-corrected chi connectivity index (χ4v) is 8.27. The molecule has 358 valence electrons. The number of hydrogen-bond acceptors (Lipinski definition) is 12. The van der Waals surface area contributed by atoms with Gasteiger partial charge in [0, 0.05) is 23.2 Å². The molecule has 4 aromatic rings. The molecule has 0 saturated carbocycles. The predicted molar refractivity (Wildman–Crippen MR) is 271 cm³/mol. The largest absolute Gasteiger partial charge is 0.494 e. The number of halogens is 2. The van der Waals surface area contributed by atoms with E-state index < -0.39 is 47.7 Å². The first-order valence-electron chi connectivity index (χ1n) is 21.1. The Balaban J connectivity index is 0.000000198. The van der Waals surface area contributed by atoms with Gasteiger partial charge in [-0.2, -0.15) is 0 Å². The molecule has 3 aliphatic rings. The van der Waals surface area contributed by atoms with Crippen LogP contribution < -0.4 is 32.5 Å². The molecule has 0 amide bonds. The van der Waals surface area contributed by atoms with E-state index in [2.05, 4.69) is 59.6 Å². The first-order valence-corrected chi connectivity index (χ1v) is 25.9. The third kappa shape index (κ3) is 13.9. The average Bonchev–Trinajstić information content (AvgIpc) is 3.70. The molecule has 14 nitrogen and oxygen atoms in total. The molecule has 7 rings (SSSR count). The lowest BCUT2D eigenvalue weighted by atomic mass is 9.79. The van der Waals surface area contributed by atoms with E-state index in [1.807, 2.05) is 91.8 Å². The van der Waals surface area contributed by atoms with Crippen LogP contribution in [0.25, 0.3) is 0 Å². The summed E-state index contributed by atoms with van der Waals surface area (Å²) in [4.78, 5) is 18.1.